The lowest BCUT2D eigenvalue weighted by atomic mass is 9.59. The first kappa shape index (κ1) is 17.9. The molecule has 4 aliphatic carbocycles. The number of aromatic carboxylic acids is 1. The third-order valence-electron chi connectivity index (χ3n) is 7.70. The van der Waals surface area contributed by atoms with Gasteiger partial charge in [-0.1, -0.05) is 61.7 Å². The van der Waals surface area contributed by atoms with Crippen LogP contribution in [0.2, 0.25) is 0 Å². The van der Waals surface area contributed by atoms with E-state index in [1.54, 1.807) is 4.90 Å². The lowest BCUT2D eigenvalue weighted by Crippen LogP contribution is -2.42. The summed E-state index contributed by atoms with van der Waals surface area (Å²) in [5.74, 6) is -2.57. The van der Waals surface area contributed by atoms with Gasteiger partial charge >= 0.3 is 5.97 Å². The van der Waals surface area contributed by atoms with Crippen LogP contribution in [0, 0.1) is 11.8 Å². The number of imide groups is 1. The molecular weight excluding hydrogens is 378 g/mol. The Hall–Kier alpha value is -2.95. The second kappa shape index (κ2) is 6.27. The summed E-state index contributed by atoms with van der Waals surface area (Å²) in [6, 6.07) is 9.53. The zero-order chi connectivity index (χ0) is 20.6. The second-order valence-corrected chi connectivity index (χ2v) is 9.11. The minimum atomic E-state index is -0.971. The Labute approximate surface area is 174 Å². The summed E-state index contributed by atoms with van der Waals surface area (Å²) in [5, 5.41) is 11.7. The Morgan fingerprint density at radius 2 is 1.60 bits per heavy atom. The third kappa shape index (κ3) is 2.21. The summed E-state index contributed by atoms with van der Waals surface area (Å²) >= 11 is 0. The van der Waals surface area contributed by atoms with Gasteiger partial charge in [0.05, 0.1) is 17.4 Å². The largest absolute Gasteiger partial charge is 0.478 e. The third-order valence-corrected chi connectivity index (χ3v) is 7.70. The van der Waals surface area contributed by atoms with Crippen LogP contribution in [0.15, 0.2) is 42.5 Å². The quantitative estimate of drug-likeness (QED) is 0.604. The summed E-state index contributed by atoms with van der Waals surface area (Å²) in [6.07, 6.45) is 9.04. The van der Waals surface area contributed by atoms with Crippen molar-refractivity contribution in [1.29, 1.82) is 0 Å². The number of amides is 2. The molecule has 2 fully saturated rings. The predicted octanol–water partition coefficient (Wildman–Crippen LogP) is 4.22. The van der Waals surface area contributed by atoms with Crippen molar-refractivity contribution in [3.8, 4) is 0 Å². The maximum atomic E-state index is 13.5. The first-order valence-electron chi connectivity index (χ1n) is 10.9. The second-order valence-electron chi connectivity index (χ2n) is 9.11. The minimum absolute atomic E-state index is 0.00452. The lowest BCUT2D eigenvalue weighted by molar-refractivity contribution is -0.143. The van der Waals surface area contributed by atoms with Crippen molar-refractivity contribution in [2.45, 2.75) is 50.0 Å². The molecule has 152 valence electrons. The van der Waals surface area contributed by atoms with Gasteiger partial charge in [-0.2, -0.15) is 0 Å². The molecule has 1 saturated carbocycles. The van der Waals surface area contributed by atoms with Gasteiger partial charge in [-0.15, -0.1) is 0 Å². The van der Waals surface area contributed by atoms with Crippen LogP contribution in [0.1, 0.15) is 65.4 Å². The molecule has 1 aliphatic heterocycles. The van der Waals surface area contributed by atoms with Crippen LogP contribution in [0.3, 0.4) is 0 Å². The number of carboxylic acid groups (broad SMARTS) is 1. The molecule has 30 heavy (non-hydrogen) atoms. The number of benzene rings is 2. The number of hydrogen-bond donors (Lipinski definition) is 1. The van der Waals surface area contributed by atoms with Gasteiger partial charge in [0.15, 0.2) is 0 Å². The van der Waals surface area contributed by atoms with Crippen LogP contribution in [0.5, 0.6) is 0 Å². The molecule has 2 aromatic carbocycles. The number of nitrogens with zero attached hydrogens (tertiary/aromatic N) is 1. The van der Waals surface area contributed by atoms with Crippen molar-refractivity contribution in [1.82, 2.24) is 4.90 Å². The molecule has 7 rings (SSSR count). The molecule has 1 saturated heterocycles. The molecule has 0 spiro atoms. The zero-order valence-electron chi connectivity index (χ0n) is 16.6. The van der Waals surface area contributed by atoms with Gasteiger partial charge in [-0.05, 0) is 34.7 Å². The van der Waals surface area contributed by atoms with Crippen LogP contribution in [-0.4, -0.2) is 33.8 Å². The number of allylic oxidation sites excluding steroid dienone is 2. The van der Waals surface area contributed by atoms with Crippen molar-refractivity contribution in [2.75, 3.05) is 0 Å². The van der Waals surface area contributed by atoms with E-state index >= 15 is 0 Å². The molecule has 2 bridgehead atoms. The molecule has 0 radical (unpaired) electrons. The fourth-order valence-corrected chi connectivity index (χ4v) is 6.49. The molecular formula is C25H23NO4. The highest BCUT2D eigenvalue weighted by atomic mass is 16.4. The molecule has 1 heterocycles. The molecule has 2 aromatic rings. The molecule has 5 nitrogen and oxygen atoms in total. The van der Waals surface area contributed by atoms with E-state index in [1.807, 2.05) is 42.5 Å². The Morgan fingerprint density at radius 1 is 0.933 bits per heavy atom. The van der Waals surface area contributed by atoms with Crippen LogP contribution >= 0.6 is 0 Å². The molecule has 4 atom stereocenters. The standard InChI is InChI=1S/C25H23NO4/c27-23-20-16-10-11-17(21(20)24(28)26(23)14-7-2-1-3-8-14)19-18(16)12-13-6-4-5-9-15(13)22(19)25(29)30/h4-6,9-12,14,16-17,20-21H,1-3,7-8H2,(H,29,30)/t16-,17+,20+,21-/m1/s1. The average molecular weight is 401 g/mol. The van der Waals surface area contributed by atoms with E-state index in [9.17, 15) is 19.5 Å². The maximum absolute atomic E-state index is 13.5. The SMILES string of the molecule is O=C(O)c1c2c(cc3ccccc13)[C@H]1C=C[C@@H]2[C@H]2C(=O)N(C3CCCCC3)C(=O)[C@H]21. The Kier molecular flexibility index (Phi) is 3.74. The number of carbonyl (C=O) groups excluding carboxylic acids is 2. The maximum Gasteiger partial charge on any atom is 0.336 e. The molecule has 2 amide bonds. The highest BCUT2D eigenvalue weighted by molar-refractivity contribution is 6.10. The first-order chi connectivity index (χ1) is 14.6. The van der Waals surface area contributed by atoms with Gasteiger partial charge in [0.2, 0.25) is 11.8 Å². The smallest absolute Gasteiger partial charge is 0.336 e. The average Bonchev–Trinajstić information content (AvgIpc) is 3.04. The first-order valence-corrected chi connectivity index (χ1v) is 10.9. The Balaban J connectivity index is 1.53. The number of fused-ring (bicyclic) bond motifs is 1. The number of hydrogen-bond acceptors (Lipinski definition) is 3. The predicted molar refractivity (Wildman–Crippen MR) is 111 cm³/mol. The van der Waals surface area contributed by atoms with E-state index in [2.05, 4.69) is 0 Å². The van der Waals surface area contributed by atoms with Gasteiger partial charge in [0, 0.05) is 17.9 Å². The topological polar surface area (TPSA) is 74.7 Å². The summed E-state index contributed by atoms with van der Waals surface area (Å²) in [7, 11) is 0. The monoisotopic (exact) mass is 401 g/mol. The van der Waals surface area contributed by atoms with Gasteiger partial charge in [0.1, 0.15) is 0 Å². The van der Waals surface area contributed by atoms with Crippen LogP contribution in [-0.2, 0) is 9.59 Å². The minimum Gasteiger partial charge on any atom is -0.478 e. The molecule has 5 heteroatoms. The van der Waals surface area contributed by atoms with Crippen LogP contribution < -0.4 is 0 Å². The van der Waals surface area contributed by atoms with E-state index in [-0.39, 0.29) is 35.3 Å². The van der Waals surface area contributed by atoms with Crippen molar-refractivity contribution in [3.63, 3.8) is 0 Å². The zero-order valence-corrected chi connectivity index (χ0v) is 16.6. The molecule has 1 N–H and O–H groups in total. The summed E-state index contributed by atoms with van der Waals surface area (Å²) in [6.45, 7) is 0. The van der Waals surface area contributed by atoms with Gasteiger partial charge < -0.3 is 5.11 Å². The Morgan fingerprint density at radius 3 is 2.33 bits per heavy atom. The number of carbonyl (C=O) groups is 3. The molecule has 5 aliphatic rings. The van der Waals surface area contributed by atoms with E-state index in [1.165, 1.54) is 0 Å². The van der Waals surface area contributed by atoms with Crippen molar-refractivity contribution >= 4 is 28.6 Å². The van der Waals surface area contributed by atoms with Crippen LogP contribution in [0.4, 0.5) is 0 Å². The van der Waals surface area contributed by atoms with Gasteiger partial charge in [0.25, 0.3) is 0 Å². The van der Waals surface area contributed by atoms with Gasteiger partial charge in [-0.3, -0.25) is 14.5 Å². The van der Waals surface area contributed by atoms with E-state index in [4.69, 9.17) is 0 Å². The fourth-order valence-electron chi connectivity index (χ4n) is 6.49. The van der Waals surface area contributed by atoms with Gasteiger partial charge in [-0.25, -0.2) is 4.79 Å². The Bertz CT molecular complexity index is 1140. The number of likely N-dealkylation sites (tertiary alicyclic amines) is 1. The highest BCUT2D eigenvalue weighted by Crippen LogP contribution is 2.57. The fraction of sp³-hybridized carbons (Fsp3) is 0.400. The van der Waals surface area contributed by atoms with E-state index < -0.39 is 17.8 Å². The molecule has 0 aromatic heterocycles. The molecule has 0 unspecified atom stereocenters. The summed E-state index contributed by atoms with van der Waals surface area (Å²) < 4.78 is 0. The number of rotatable bonds is 2. The van der Waals surface area contributed by atoms with Crippen LogP contribution in [0.25, 0.3) is 10.8 Å². The number of carboxylic acids is 1. The summed E-state index contributed by atoms with van der Waals surface area (Å²) in [5.41, 5.74) is 1.94. The van der Waals surface area contributed by atoms with Crippen molar-refractivity contribution < 1.29 is 19.5 Å². The lowest BCUT2D eigenvalue weighted by Gasteiger charge is -2.41. The highest BCUT2D eigenvalue weighted by Gasteiger charge is 2.60. The van der Waals surface area contributed by atoms with E-state index in [0.717, 1.165) is 48.6 Å². The van der Waals surface area contributed by atoms with Crippen molar-refractivity contribution in [3.05, 3.63) is 59.2 Å². The summed E-state index contributed by atoms with van der Waals surface area (Å²) in [4.78, 5) is 40.9. The van der Waals surface area contributed by atoms with E-state index in [0.29, 0.717) is 5.39 Å². The normalized spacial score (nSPS) is 30.1. The van der Waals surface area contributed by atoms with Crippen molar-refractivity contribution in [2.24, 2.45) is 11.8 Å².